The van der Waals surface area contributed by atoms with E-state index in [1.165, 1.54) is 0 Å². The van der Waals surface area contributed by atoms with E-state index in [0.29, 0.717) is 17.4 Å². The fourth-order valence-electron chi connectivity index (χ4n) is 2.99. The molecule has 2 heterocycles. The number of hydrogen-bond donors (Lipinski definition) is 0. The summed E-state index contributed by atoms with van der Waals surface area (Å²) in [5, 5.41) is 0. The van der Waals surface area contributed by atoms with Gasteiger partial charge < -0.3 is 9.80 Å². The first-order valence-electron chi connectivity index (χ1n) is 8.48. The standard InChI is InChI=1S/C19H24N4O/c1-14-9-11-23(12-10-14)19(24)17-13-18(21-15(2)20-17)22(3)16-7-5-4-6-8-16/h4-8,13-14H,9-12H2,1-3H3. The summed E-state index contributed by atoms with van der Waals surface area (Å²) in [5.74, 6) is 2.06. The number of nitrogens with zero attached hydrogens (tertiary/aromatic N) is 4. The molecule has 3 rings (SSSR count). The first kappa shape index (κ1) is 16.4. The SMILES string of the molecule is Cc1nc(C(=O)N2CCC(C)CC2)cc(N(C)c2ccccc2)n1. The van der Waals surface area contributed by atoms with Crippen molar-refractivity contribution < 1.29 is 4.79 Å². The molecule has 0 atom stereocenters. The predicted octanol–water partition coefficient (Wildman–Crippen LogP) is 3.43. The number of carbonyl (C=O) groups excluding carboxylic acids is 1. The molecule has 0 N–H and O–H groups in total. The number of aryl methyl sites for hydroxylation is 1. The lowest BCUT2D eigenvalue weighted by atomic mass is 9.99. The average molecular weight is 324 g/mol. The molecular formula is C19H24N4O. The maximum atomic E-state index is 12.8. The Hall–Kier alpha value is -2.43. The van der Waals surface area contributed by atoms with Gasteiger partial charge in [-0.05, 0) is 37.8 Å². The number of piperidine rings is 1. The monoisotopic (exact) mass is 324 g/mol. The van der Waals surface area contributed by atoms with E-state index in [1.54, 1.807) is 6.07 Å². The van der Waals surface area contributed by atoms with Crippen molar-refractivity contribution in [2.24, 2.45) is 5.92 Å². The molecule has 1 aliphatic heterocycles. The van der Waals surface area contributed by atoms with E-state index in [0.717, 1.165) is 37.4 Å². The molecule has 2 aromatic rings. The van der Waals surface area contributed by atoms with Gasteiger partial charge in [0.2, 0.25) is 0 Å². The van der Waals surface area contributed by atoms with Gasteiger partial charge in [-0.15, -0.1) is 0 Å². The number of hydrogen-bond acceptors (Lipinski definition) is 4. The minimum absolute atomic E-state index is 0.00936. The van der Waals surface area contributed by atoms with Gasteiger partial charge in [0.25, 0.3) is 5.91 Å². The summed E-state index contributed by atoms with van der Waals surface area (Å²) in [6.07, 6.45) is 2.12. The molecule has 24 heavy (non-hydrogen) atoms. The van der Waals surface area contributed by atoms with Gasteiger partial charge in [-0.2, -0.15) is 0 Å². The van der Waals surface area contributed by atoms with Crippen LogP contribution in [0.15, 0.2) is 36.4 Å². The lowest BCUT2D eigenvalue weighted by Crippen LogP contribution is -2.38. The fourth-order valence-corrected chi connectivity index (χ4v) is 2.99. The number of carbonyl (C=O) groups is 1. The van der Waals surface area contributed by atoms with Crippen LogP contribution in [-0.2, 0) is 0 Å². The minimum atomic E-state index is 0.00936. The molecule has 5 heteroatoms. The van der Waals surface area contributed by atoms with Crippen molar-refractivity contribution in [2.75, 3.05) is 25.0 Å². The van der Waals surface area contributed by atoms with E-state index >= 15 is 0 Å². The quantitative estimate of drug-likeness (QED) is 0.868. The minimum Gasteiger partial charge on any atom is -0.337 e. The van der Waals surface area contributed by atoms with Gasteiger partial charge in [-0.25, -0.2) is 9.97 Å². The number of anilines is 2. The Balaban J connectivity index is 1.85. The highest BCUT2D eigenvalue weighted by molar-refractivity contribution is 5.93. The molecule has 0 bridgehead atoms. The van der Waals surface area contributed by atoms with Crippen LogP contribution in [-0.4, -0.2) is 40.9 Å². The van der Waals surface area contributed by atoms with E-state index in [9.17, 15) is 4.79 Å². The van der Waals surface area contributed by atoms with Crippen LogP contribution in [0.5, 0.6) is 0 Å². The summed E-state index contributed by atoms with van der Waals surface area (Å²) >= 11 is 0. The van der Waals surface area contributed by atoms with Gasteiger partial charge in [-0.1, -0.05) is 25.1 Å². The Kier molecular flexibility index (Phi) is 4.79. The molecule has 0 aliphatic carbocycles. The zero-order valence-corrected chi connectivity index (χ0v) is 14.6. The zero-order chi connectivity index (χ0) is 17.1. The first-order valence-corrected chi connectivity index (χ1v) is 8.48. The average Bonchev–Trinajstić information content (AvgIpc) is 2.61. The van der Waals surface area contributed by atoms with E-state index in [1.807, 2.05) is 54.1 Å². The van der Waals surface area contributed by atoms with Crippen LogP contribution in [0, 0.1) is 12.8 Å². The van der Waals surface area contributed by atoms with Crippen molar-refractivity contribution in [1.29, 1.82) is 0 Å². The summed E-state index contributed by atoms with van der Waals surface area (Å²) in [6.45, 7) is 5.70. The fraction of sp³-hybridized carbons (Fsp3) is 0.421. The van der Waals surface area contributed by atoms with Gasteiger partial charge in [0.15, 0.2) is 0 Å². The molecule has 1 saturated heterocycles. The van der Waals surface area contributed by atoms with Gasteiger partial charge in [0.05, 0.1) is 0 Å². The Labute approximate surface area is 143 Å². The Morgan fingerprint density at radius 3 is 2.50 bits per heavy atom. The highest BCUT2D eigenvalue weighted by Gasteiger charge is 2.23. The second-order valence-electron chi connectivity index (χ2n) is 6.53. The van der Waals surface area contributed by atoms with Crippen molar-refractivity contribution in [1.82, 2.24) is 14.9 Å². The smallest absolute Gasteiger partial charge is 0.272 e. The molecule has 1 aromatic heterocycles. The molecule has 0 radical (unpaired) electrons. The third kappa shape index (κ3) is 3.55. The van der Waals surface area contributed by atoms with Crippen LogP contribution < -0.4 is 4.90 Å². The molecular weight excluding hydrogens is 300 g/mol. The van der Waals surface area contributed by atoms with Gasteiger partial charge in [-0.3, -0.25) is 4.79 Å². The molecule has 0 unspecified atom stereocenters. The summed E-state index contributed by atoms with van der Waals surface area (Å²) in [5.41, 5.74) is 1.51. The van der Waals surface area contributed by atoms with E-state index < -0.39 is 0 Å². The topological polar surface area (TPSA) is 49.3 Å². The van der Waals surface area contributed by atoms with Gasteiger partial charge in [0.1, 0.15) is 17.3 Å². The Morgan fingerprint density at radius 2 is 1.83 bits per heavy atom. The summed E-state index contributed by atoms with van der Waals surface area (Å²) in [6, 6.07) is 11.8. The lowest BCUT2D eigenvalue weighted by Gasteiger charge is -2.30. The highest BCUT2D eigenvalue weighted by atomic mass is 16.2. The maximum Gasteiger partial charge on any atom is 0.272 e. The van der Waals surface area contributed by atoms with Crippen LogP contribution in [0.1, 0.15) is 36.1 Å². The molecule has 0 saturated carbocycles. The maximum absolute atomic E-state index is 12.8. The van der Waals surface area contributed by atoms with E-state index in [-0.39, 0.29) is 5.91 Å². The van der Waals surface area contributed by atoms with Gasteiger partial charge >= 0.3 is 0 Å². The number of amides is 1. The molecule has 126 valence electrons. The van der Waals surface area contributed by atoms with Crippen molar-refractivity contribution in [2.45, 2.75) is 26.7 Å². The number of likely N-dealkylation sites (tertiary alicyclic amines) is 1. The predicted molar refractivity (Wildman–Crippen MR) is 95.6 cm³/mol. The van der Waals surface area contributed by atoms with Crippen molar-refractivity contribution in [3.8, 4) is 0 Å². The second kappa shape index (κ2) is 6.99. The van der Waals surface area contributed by atoms with Crippen LogP contribution in [0.4, 0.5) is 11.5 Å². The summed E-state index contributed by atoms with van der Waals surface area (Å²) < 4.78 is 0. The van der Waals surface area contributed by atoms with E-state index in [2.05, 4.69) is 16.9 Å². The van der Waals surface area contributed by atoms with Crippen LogP contribution in [0.3, 0.4) is 0 Å². The highest BCUT2D eigenvalue weighted by Crippen LogP contribution is 2.23. The summed E-state index contributed by atoms with van der Waals surface area (Å²) in [7, 11) is 1.95. The number of para-hydroxylation sites is 1. The third-order valence-corrected chi connectivity index (χ3v) is 4.60. The second-order valence-corrected chi connectivity index (χ2v) is 6.53. The normalized spacial score (nSPS) is 15.4. The van der Waals surface area contributed by atoms with Crippen molar-refractivity contribution in [3.63, 3.8) is 0 Å². The molecule has 0 spiro atoms. The molecule has 1 amide bonds. The number of benzene rings is 1. The first-order chi connectivity index (χ1) is 11.5. The van der Waals surface area contributed by atoms with Crippen molar-refractivity contribution in [3.05, 3.63) is 47.9 Å². The largest absolute Gasteiger partial charge is 0.337 e. The van der Waals surface area contributed by atoms with Crippen LogP contribution in [0.25, 0.3) is 0 Å². The molecule has 1 aromatic carbocycles. The van der Waals surface area contributed by atoms with Crippen LogP contribution >= 0.6 is 0 Å². The van der Waals surface area contributed by atoms with Crippen LogP contribution in [0.2, 0.25) is 0 Å². The third-order valence-electron chi connectivity index (χ3n) is 4.60. The Morgan fingerprint density at radius 1 is 1.17 bits per heavy atom. The molecule has 1 aliphatic rings. The number of aromatic nitrogens is 2. The Bertz CT molecular complexity index is 709. The summed E-state index contributed by atoms with van der Waals surface area (Å²) in [4.78, 5) is 25.5. The van der Waals surface area contributed by atoms with Crippen molar-refractivity contribution >= 4 is 17.4 Å². The number of rotatable bonds is 3. The lowest BCUT2D eigenvalue weighted by molar-refractivity contribution is 0.0691. The van der Waals surface area contributed by atoms with Gasteiger partial charge in [0, 0.05) is 31.9 Å². The van der Waals surface area contributed by atoms with E-state index in [4.69, 9.17) is 0 Å². The zero-order valence-electron chi connectivity index (χ0n) is 14.6. The molecule has 1 fully saturated rings. The molecule has 5 nitrogen and oxygen atoms in total.